The van der Waals surface area contributed by atoms with E-state index in [9.17, 15) is 4.79 Å². The summed E-state index contributed by atoms with van der Waals surface area (Å²) in [6.07, 6.45) is 0. The third-order valence-corrected chi connectivity index (χ3v) is 4.44. The van der Waals surface area contributed by atoms with Crippen LogP contribution in [0.2, 0.25) is 15.1 Å². The second kappa shape index (κ2) is 8.58. The fraction of sp³-hybridized carbons (Fsp3) is 0.235. The van der Waals surface area contributed by atoms with Gasteiger partial charge in [-0.3, -0.25) is 4.79 Å². The number of methoxy groups -OCH3 is 1. The van der Waals surface area contributed by atoms with Gasteiger partial charge < -0.3 is 15.4 Å². The van der Waals surface area contributed by atoms with E-state index in [1.807, 2.05) is 24.3 Å². The summed E-state index contributed by atoms with van der Waals surface area (Å²) in [5.74, 6) is 0.548. The standard InChI is InChI=1S/C17H17Cl3N2O2/c1-10(21-9-11-4-3-5-12(6-11)24-2)17(23)22-16-8-14(19)13(18)7-15(16)20/h3-8,10,21H,9H2,1-2H3,(H,22,23)/t10-/m0/s1. The quantitative estimate of drug-likeness (QED) is 0.702. The van der Waals surface area contributed by atoms with E-state index in [2.05, 4.69) is 10.6 Å². The van der Waals surface area contributed by atoms with E-state index in [-0.39, 0.29) is 5.91 Å². The van der Waals surface area contributed by atoms with Gasteiger partial charge >= 0.3 is 0 Å². The second-order valence-electron chi connectivity index (χ2n) is 5.19. The summed E-state index contributed by atoms with van der Waals surface area (Å²) < 4.78 is 5.18. The minimum Gasteiger partial charge on any atom is -0.497 e. The first-order valence-corrected chi connectivity index (χ1v) is 8.36. The van der Waals surface area contributed by atoms with Crippen LogP contribution in [0.25, 0.3) is 0 Å². The number of halogens is 3. The van der Waals surface area contributed by atoms with Crippen molar-refractivity contribution in [3.8, 4) is 5.75 Å². The molecule has 0 heterocycles. The van der Waals surface area contributed by atoms with Crippen molar-refractivity contribution in [1.82, 2.24) is 5.32 Å². The SMILES string of the molecule is COc1cccc(CN[C@@H](C)C(=O)Nc2cc(Cl)c(Cl)cc2Cl)c1. The number of ether oxygens (including phenoxy) is 1. The van der Waals surface area contributed by atoms with Crippen molar-refractivity contribution in [3.05, 3.63) is 57.0 Å². The average molecular weight is 388 g/mol. The van der Waals surface area contributed by atoms with Crippen molar-refractivity contribution >= 4 is 46.4 Å². The molecule has 2 aromatic carbocycles. The molecule has 0 radical (unpaired) electrons. The molecule has 24 heavy (non-hydrogen) atoms. The molecule has 0 aromatic heterocycles. The lowest BCUT2D eigenvalue weighted by Crippen LogP contribution is -2.37. The molecule has 0 spiro atoms. The van der Waals surface area contributed by atoms with E-state index in [0.29, 0.717) is 27.3 Å². The highest BCUT2D eigenvalue weighted by atomic mass is 35.5. The van der Waals surface area contributed by atoms with Crippen molar-refractivity contribution in [3.63, 3.8) is 0 Å². The summed E-state index contributed by atoms with van der Waals surface area (Å²) in [6.45, 7) is 2.29. The number of hydrogen-bond donors (Lipinski definition) is 2. The summed E-state index contributed by atoms with van der Waals surface area (Å²) in [7, 11) is 1.61. The summed E-state index contributed by atoms with van der Waals surface area (Å²) in [6, 6.07) is 10.2. The Labute approximate surface area is 156 Å². The minimum absolute atomic E-state index is 0.224. The number of hydrogen-bond acceptors (Lipinski definition) is 3. The van der Waals surface area contributed by atoms with Gasteiger partial charge in [0.05, 0.1) is 33.9 Å². The second-order valence-corrected chi connectivity index (χ2v) is 6.41. The molecule has 0 saturated heterocycles. The molecule has 0 saturated carbocycles. The molecule has 128 valence electrons. The fourth-order valence-corrected chi connectivity index (χ4v) is 2.60. The highest BCUT2D eigenvalue weighted by Crippen LogP contribution is 2.32. The van der Waals surface area contributed by atoms with Gasteiger partial charge in [0.2, 0.25) is 5.91 Å². The zero-order valence-electron chi connectivity index (χ0n) is 13.2. The van der Waals surface area contributed by atoms with Crippen molar-refractivity contribution in [2.45, 2.75) is 19.5 Å². The first-order valence-electron chi connectivity index (χ1n) is 7.22. The first kappa shape index (κ1) is 18.9. The molecule has 1 amide bonds. The van der Waals surface area contributed by atoms with Gasteiger partial charge in [-0.1, -0.05) is 46.9 Å². The van der Waals surface area contributed by atoms with Crippen molar-refractivity contribution in [2.24, 2.45) is 0 Å². The molecule has 2 rings (SSSR count). The van der Waals surface area contributed by atoms with E-state index in [4.69, 9.17) is 39.5 Å². The van der Waals surface area contributed by atoms with E-state index >= 15 is 0 Å². The van der Waals surface area contributed by atoms with Crippen LogP contribution in [-0.2, 0) is 11.3 Å². The maximum absolute atomic E-state index is 12.3. The molecular formula is C17H17Cl3N2O2. The van der Waals surface area contributed by atoms with Crippen LogP contribution in [0, 0.1) is 0 Å². The molecule has 4 nitrogen and oxygen atoms in total. The number of carbonyl (C=O) groups excluding carboxylic acids is 1. The Balaban J connectivity index is 1.96. The summed E-state index contributed by atoms with van der Waals surface area (Å²) in [5, 5.41) is 6.88. The van der Waals surface area contributed by atoms with Crippen LogP contribution in [0.4, 0.5) is 5.69 Å². The van der Waals surface area contributed by atoms with E-state index in [1.54, 1.807) is 14.0 Å². The molecule has 0 aliphatic carbocycles. The van der Waals surface area contributed by atoms with Crippen LogP contribution in [0.5, 0.6) is 5.75 Å². The topological polar surface area (TPSA) is 50.4 Å². The molecule has 2 N–H and O–H groups in total. The number of carbonyl (C=O) groups is 1. The molecular weight excluding hydrogens is 371 g/mol. The van der Waals surface area contributed by atoms with E-state index in [1.165, 1.54) is 12.1 Å². The van der Waals surface area contributed by atoms with Gasteiger partial charge in [0.15, 0.2) is 0 Å². The predicted molar refractivity (Wildman–Crippen MR) is 99.4 cm³/mol. The third kappa shape index (κ3) is 5.02. The van der Waals surface area contributed by atoms with Crippen LogP contribution in [-0.4, -0.2) is 19.1 Å². The van der Waals surface area contributed by atoms with Gasteiger partial charge in [-0.2, -0.15) is 0 Å². The zero-order valence-corrected chi connectivity index (χ0v) is 15.5. The van der Waals surface area contributed by atoms with Crippen LogP contribution >= 0.6 is 34.8 Å². The minimum atomic E-state index is -0.429. The zero-order chi connectivity index (χ0) is 17.7. The van der Waals surface area contributed by atoms with Crippen LogP contribution in [0.3, 0.4) is 0 Å². The lowest BCUT2D eigenvalue weighted by molar-refractivity contribution is -0.117. The number of rotatable bonds is 6. The number of nitrogens with one attached hydrogen (secondary N) is 2. The smallest absolute Gasteiger partial charge is 0.241 e. The molecule has 2 aromatic rings. The largest absolute Gasteiger partial charge is 0.497 e. The molecule has 0 aliphatic heterocycles. The monoisotopic (exact) mass is 386 g/mol. The highest BCUT2D eigenvalue weighted by Gasteiger charge is 2.15. The van der Waals surface area contributed by atoms with Crippen molar-refractivity contribution in [1.29, 1.82) is 0 Å². The Bertz CT molecular complexity index is 738. The number of benzene rings is 2. The third-order valence-electron chi connectivity index (χ3n) is 3.41. The Morgan fingerprint density at radius 1 is 1.12 bits per heavy atom. The van der Waals surface area contributed by atoms with Gasteiger partial charge in [0, 0.05) is 6.54 Å². The Morgan fingerprint density at radius 3 is 2.54 bits per heavy atom. The van der Waals surface area contributed by atoms with Crippen molar-refractivity contribution in [2.75, 3.05) is 12.4 Å². The van der Waals surface area contributed by atoms with Gasteiger partial charge in [-0.05, 0) is 36.8 Å². The van der Waals surface area contributed by atoms with Gasteiger partial charge in [0.25, 0.3) is 0 Å². The summed E-state index contributed by atoms with van der Waals surface area (Å²) >= 11 is 17.9. The maximum atomic E-state index is 12.3. The van der Waals surface area contributed by atoms with Crippen LogP contribution in [0.1, 0.15) is 12.5 Å². The molecule has 0 bridgehead atoms. The normalized spacial score (nSPS) is 11.9. The van der Waals surface area contributed by atoms with Crippen LogP contribution < -0.4 is 15.4 Å². The van der Waals surface area contributed by atoms with Gasteiger partial charge in [0.1, 0.15) is 5.75 Å². The summed E-state index contributed by atoms with van der Waals surface area (Å²) in [4.78, 5) is 12.3. The molecule has 1 atom stereocenters. The van der Waals surface area contributed by atoms with E-state index in [0.717, 1.165) is 11.3 Å². The van der Waals surface area contributed by atoms with Gasteiger partial charge in [-0.15, -0.1) is 0 Å². The number of amides is 1. The summed E-state index contributed by atoms with van der Waals surface area (Å²) in [5.41, 5.74) is 1.44. The Morgan fingerprint density at radius 2 is 1.83 bits per heavy atom. The molecule has 0 aliphatic rings. The van der Waals surface area contributed by atoms with Crippen molar-refractivity contribution < 1.29 is 9.53 Å². The predicted octanol–water partition coefficient (Wildman–Crippen LogP) is 4.77. The maximum Gasteiger partial charge on any atom is 0.241 e. The lowest BCUT2D eigenvalue weighted by Gasteiger charge is -2.15. The Kier molecular flexibility index (Phi) is 6.75. The lowest BCUT2D eigenvalue weighted by atomic mass is 10.2. The molecule has 7 heteroatoms. The highest BCUT2D eigenvalue weighted by molar-refractivity contribution is 6.44. The fourth-order valence-electron chi connectivity index (χ4n) is 2.01. The number of anilines is 1. The molecule has 0 unspecified atom stereocenters. The molecule has 0 fully saturated rings. The Hall–Kier alpha value is -1.46. The first-order chi connectivity index (χ1) is 11.4. The van der Waals surface area contributed by atoms with Crippen LogP contribution in [0.15, 0.2) is 36.4 Å². The average Bonchev–Trinajstić information content (AvgIpc) is 2.57. The van der Waals surface area contributed by atoms with E-state index < -0.39 is 6.04 Å². The van der Waals surface area contributed by atoms with Gasteiger partial charge in [-0.25, -0.2) is 0 Å².